The fourth-order valence-corrected chi connectivity index (χ4v) is 4.83. The van der Waals surface area contributed by atoms with E-state index in [1.54, 1.807) is 12.4 Å². The van der Waals surface area contributed by atoms with Crippen molar-refractivity contribution in [3.8, 4) is 22.3 Å². The summed E-state index contributed by atoms with van der Waals surface area (Å²) in [6.07, 6.45) is 13.0. The molecule has 36 heavy (non-hydrogen) atoms. The zero-order chi connectivity index (χ0) is 24.7. The number of amides is 1. The maximum Gasteiger partial charge on any atom is 0.224 e. The van der Waals surface area contributed by atoms with E-state index in [1.165, 1.54) is 16.7 Å². The average Bonchev–Trinajstić information content (AvgIpc) is 3.22. The zero-order valence-electron chi connectivity index (χ0n) is 20.0. The lowest BCUT2D eigenvalue weighted by molar-refractivity contribution is -0.116. The molecule has 2 aromatic carbocycles. The number of aryl methyl sites for hydroxylation is 2. The molecule has 2 aromatic heterocycles. The molecule has 1 amide bonds. The van der Waals surface area contributed by atoms with Crippen LogP contribution in [-0.2, 0) is 17.6 Å². The lowest BCUT2D eigenvalue weighted by Crippen LogP contribution is -2.09. The van der Waals surface area contributed by atoms with Gasteiger partial charge < -0.3 is 10.6 Å². The van der Waals surface area contributed by atoms with Gasteiger partial charge in [0.25, 0.3) is 0 Å². The Kier molecular flexibility index (Phi) is 7.43. The van der Waals surface area contributed by atoms with Crippen LogP contribution in [0, 0.1) is 0 Å². The number of aromatic nitrogens is 2. The van der Waals surface area contributed by atoms with Gasteiger partial charge in [-0.1, -0.05) is 36.5 Å². The first-order chi connectivity index (χ1) is 17.7. The van der Waals surface area contributed by atoms with Gasteiger partial charge in [-0.05, 0) is 102 Å². The van der Waals surface area contributed by atoms with Gasteiger partial charge in [0, 0.05) is 42.6 Å². The summed E-state index contributed by atoms with van der Waals surface area (Å²) in [4.78, 5) is 20.7. The Morgan fingerprint density at radius 3 is 1.75 bits per heavy atom. The third kappa shape index (κ3) is 5.83. The normalized spacial score (nSPS) is 14.6. The van der Waals surface area contributed by atoms with Crippen LogP contribution in [0.1, 0.15) is 36.8 Å². The van der Waals surface area contributed by atoms with Gasteiger partial charge in [0.2, 0.25) is 5.91 Å². The second-order valence-electron chi connectivity index (χ2n) is 9.03. The van der Waals surface area contributed by atoms with E-state index < -0.39 is 0 Å². The summed E-state index contributed by atoms with van der Waals surface area (Å²) in [6.45, 7) is 0. The molecule has 0 fully saturated rings. The SMILES string of the molecule is O=C1CCCc2cc(-c3cccnc3)ccc2N1.S=C1CCCc2cc(-c3cccnc3)ccc2N1. The number of carbonyl (C=O) groups excluding carboxylic acids is 1. The van der Waals surface area contributed by atoms with E-state index in [-0.39, 0.29) is 5.91 Å². The standard InChI is InChI=1S/C15H14N2O.C15H14N2S/c2*18-15-5-1-3-12-9-11(6-7-14(12)17-15)13-4-2-8-16-10-13/h2*2,4,6-10H,1,3,5H2,(H,17,18). The Balaban J connectivity index is 0.000000148. The molecule has 0 saturated heterocycles. The van der Waals surface area contributed by atoms with Gasteiger partial charge in [-0.15, -0.1) is 0 Å². The van der Waals surface area contributed by atoms with E-state index in [0.717, 1.165) is 65.2 Å². The first-order valence-corrected chi connectivity index (χ1v) is 12.7. The van der Waals surface area contributed by atoms with Gasteiger partial charge in [0.05, 0.1) is 4.99 Å². The summed E-state index contributed by atoms with van der Waals surface area (Å²) < 4.78 is 0. The summed E-state index contributed by atoms with van der Waals surface area (Å²) in [5, 5.41) is 6.26. The minimum Gasteiger partial charge on any atom is -0.350 e. The van der Waals surface area contributed by atoms with Crippen molar-refractivity contribution >= 4 is 34.5 Å². The van der Waals surface area contributed by atoms with Gasteiger partial charge in [-0.2, -0.15) is 0 Å². The van der Waals surface area contributed by atoms with Crippen molar-refractivity contribution in [2.24, 2.45) is 0 Å². The molecule has 0 atom stereocenters. The molecular weight excluding hydrogens is 464 g/mol. The fraction of sp³-hybridized carbons (Fsp3) is 0.200. The molecular formula is C30H28N4OS. The van der Waals surface area contributed by atoms with Gasteiger partial charge in [0.15, 0.2) is 0 Å². The van der Waals surface area contributed by atoms with Crippen LogP contribution in [0.15, 0.2) is 85.5 Å². The van der Waals surface area contributed by atoms with Crippen LogP contribution in [-0.4, -0.2) is 20.9 Å². The lowest BCUT2D eigenvalue weighted by atomic mass is 10.0. The van der Waals surface area contributed by atoms with E-state index >= 15 is 0 Å². The fourth-order valence-electron chi connectivity index (χ4n) is 4.58. The number of rotatable bonds is 2. The number of benzene rings is 2. The number of pyridine rings is 2. The van der Waals surface area contributed by atoms with E-state index in [1.807, 2.05) is 42.7 Å². The largest absolute Gasteiger partial charge is 0.350 e. The number of nitrogens with one attached hydrogen (secondary N) is 2. The van der Waals surface area contributed by atoms with Gasteiger partial charge in [0.1, 0.15) is 0 Å². The second kappa shape index (κ2) is 11.2. The smallest absolute Gasteiger partial charge is 0.224 e. The molecule has 2 N–H and O–H groups in total. The van der Waals surface area contributed by atoms with Crippen molar-refractivity contribution in [2.45, 2.75) is 38.5 Å². The highest BCUT2D eigenvalue weighted by atomic mass is 32.1. The molecule has 0 radical (unpaired) electrons. The first kappa shape index (κ1) is 23.8. The first-order valence-electron chi connectivity index (χ1n) is 12.3. The molecule has 0 bridgehead atoms. The Labute approximate surface area is 217 Å². The molecule has 6 rings (SSSR count). The predicted octanol–water partition coefficient (Wildman–Crippen LogP) is 6.85. The summed E-state index contributed by atoms with van der Waals surface area (Å²) in [5.41, 5.74) is 9.30. The Hall–Kier alpha value is -3.90. The number of hydrogen-bond acceptors (Lipinski definition) is 4. The average molecular weight is 493 g/mol. The molecule has 0 unspecified atom stereocenters. The molecule has 0 spiro atoms. The summed E-state index contributed by atoms with van der Waals surface area (Å²) in [6, 6.07) is 20.7. The summed E-state index contributed by atoms with van der Waals surface area (Å²) in [5.74, 6) is 0.114. The molecule has 180 valence electrons. The van der Waals surface area contributed by atoms with Crippen LogP contribution in [0.4, 0.5) is 11.4 Å². The predicted molar refractivity (Wildman–Crippen MR) is 150 cm³/mol. The maximum absolute atomic E-state index is 11.5. The van der Waals surface area contributed by atoms with E-state index in [2.05, 4.69) is 50.9 Å². The minimum absolute atomic E-state index is 0.114. The van der Waals surface area contributed by atoms with E-state index in [4.69, 9.17) is 12.2 Å². The third-order valence-corrected chi connectivity index (χ3v) is 6.75. The van der Waals surface area contributed by atoms with Crippen LogP contribution in [0.3, 0.4) is 0 Å². The van der Waals surface area contributed by atoms with Crippen molar-refractivity contribution < 1.29 is 4.79 Å². The number of anilines is 2. The highest BCUT2D eigenvalue weighted by Crippen LogP contribution is 2.29. The van der Waals surface area contributed by atoms with Crippen LogP contribution in [0.25, 0.3) is 22.3 Å². The van der Waals surface area contributed by atoms with Crippen LogP contribution < -0.4 is 10.6 Å². The number of thiocarbonyl (C=S) groups is 1. The Bertz CT molecular complexity index is 1270. The van der Waals surface area contributed by atoms with Crippen molar-refractivity contribution in [2.75, 3.05) is 10.6 Å². The third-order valence-electron chi connectivity index (χ3n) is 6.45. The monoisotopic (exact) mass is 492 g/mol. The van der Waals surface area contributed by atoms with Crippen LogP contribution in [0.5, 0.6) is 0 Å². The molecule has 0 aliphatic carbocycles. The second-order valence-corrected chi connectivity index (χ2v) is 9.52. The van der Waals surface area contributed by atoms with Crippen molar-refractivity contribution in [3.63, 3.8) is 0 Å². The van der Waals surface area contributed by atoms with Crippen LogP contribution in [0.2, 0.25) is 0 Å². The summed E-state index contributed by atoms with van der Waals surface area (Å²) in [7, 11) is 0. The van der Waals surface area contributed by atoms with E-state index in [0.29, 0.717) is 6.42 Å². The molecule has 2 aliphatic heterocycles. The molecule has 4 heterocycles. The highest BCUT2D eigenvalue weighted by Gasteiger charge is 2.13. The molecule has 0 saturated carbocycles. The maximum atomic E-state index is 11.5. The van der Waals surface area contributed by atoms with Crippen molar-refractivity contribution in [3.05, 3.63) is 96.6 Å². The van der Waals surface area contributed by atoms with Crippen LogP contribution >= 0.6 is 12.2 Å². The zero-order valence-corrected chi connectivity index (χ0v) is 20.9. The Morgan fingerprint density at radius 1 is 0.639 bits per heavy atom. The quantitative estimate of drug-likeness (QED) is 0.300. The number of hydrogen-bond donors (Lipinski definition) is 2. The van der Waals surface area contributed by atoms with E-state index in [9.17, 15) is 4.79 Å². The highest BCUT2D eigenvalue weighted by molar-refractivity contribution is 7.80. The number of carbonyl (C=O) groups is 1. The molecule has 5 nitrogen and oxygen atoms in total. The number of fused-ring (bicyclic) bond motifs is 2. The summed E-state index contributed by atoms with van der Waals surface area (Å²) >= 11 is 5.27. The van der Waals surface area contributed by atoms with Crippen molar-refractivity contribution in [1.82, 2.24) is 9.97 Å². The molecule has 6 heteroatoms. The topological polar surface area (TPSA) is 66.9 Å². The van der Waals surface area contributed by atoms with Gasteiger partial charge >= 0.3 is 0 Å². The minimum atomic E-state index is 0.114. The Morgan fingerprint density at radius 2 is 1.19 bits per heavy atom. The molecule has 2 aliphatic rings. The lowest BCUT2D eigenvalue weighted by Gasteiger charge is -2.10. The van der Waals surface area contributed by atoms with Gasteiger partial charge in [-0.25, -0.2) is 0 Å². The molecule has 4 aromatic rings. The van der Waals surface area contributed by atoms with Crippen molar-refractivity contribution in [1.29, 1.82) is 0 Å². The van der Waals surface area contributed by atoms with Gasteiger partial charge in [-0.3, -0.25) is 14.8 Å². The number of nitrogens with zero attached hydrogens (tertiary/aromatic N) is 2.